The Hall–Kier alpha value is -5.47. The fourth-order valence-electron chi connectivity index (χ4n) is 7.63. The molecule has 220 valence electrons. The third-order valence-corrected chi connectivity index (χ3v) is 9.76. The van der Waals surface area contributed by atoms with E-state index in [0.717, 1.165) is 36.2 Å². The summed E-state index contributed by atoms with van der Waals surface area (Å²) in [5.41, 5.74) is 9.83. The van der Waals surface area contributed by atoms with Gasteiger partial charge in [-0.1, -0.05) is 133 Å². The van der Waals surface area contributed by atoms with Gasteiger partial charge in [0.05, 0.1) is 17.1 Å². The van der Waals surface area contributed by atoms with E-state index in [2.05, 4.69) is 157 Å². The SMILES string of the molecule is Cc1ccc2cc(-c3c4c(c(-c5ccc(-c6nc7ccccc7n6C6C=CC=CC6)cc5)c5ccccc35)=CCCC=4)ccc2c1. The van der Waals surface area contributed by atoms with Gasteiger partial charge >= 0.3 is 0 Å². The summed E-state index contributed by atoms with van der Waals surface area (Å²) < 4.78 is 2.41. The predicted molar refractivity (Wildman–Crippen MR) is 195 cm³/mol. The molecule has 2 aliphatic carbocycles. The predicted octanol–water partition coefficient (Wildman–Crippen LogP) is 10.1. The molecule has 9 rings (SSSR count). The van der Waals surface area contributed by atoms with E-state index in [-0.39, 0.29) is 6.04 Å². The van der Waals surface area contributed by atoms with Gasteiger partial charge in [-0.05, 0) is 98.6 Å². The van der Waals surface area contributed by atoms with Crippen LogP contribution in [0.5, 0.6) is 0 Å². The summed E-state index contributed by atoms with van der Waals surface area (Å²) in [4.78, 5) is 5.15. The minimum atomic E-state index is 0.250. The third-order valence-electron chi connectivity index (χ3n) is 9.76. The lowest BCUT2D eigenvalue weighted by Crippen LogP contribution is -2.31. The van der Waals surface area contributed by atoms with Crippen LogP contribution in [0, 0.1) is 6.92 Å². The Kier molecular flexibility index (Phi) is 6.35. The van der Waals surface area contributed by atoms with Crippen LogP contribution in [-0.4, -0.2) is 9.55 Å². The van der Waals surface area contributed by atoms with E-state index < -0.39 is 0 Å². The lowest BCUT2D eigenvalue weighted by atomic mass is 9.85. The number of para-hydroxylation sites is 2. The number of aromatic nitrogens is 2. The molecule has 6 aromatic carbocycles. The van der Waals surface area contributed by atoms with Crippen molar-refractivity contribution in [3.05, 3.63) is 149 Å². The Morgan fingerprint density at radius 3 is 2.04 bits per heavy atom. The van der Waals surface area contributed by atoms with Gasteiger partial charge in [0.1, 0.15) is 5.82 Å². The van der Waals surface area contributed by atoms with E-state index in [9.17, 15) is 0 Å². The van der Waals surface area contributed by atoms with Crippen molar-refractivity contribution in [2.45, 2.75) is 32.2 Å². The first kappa shape index (κ1) is 26.9. The summed E-state index contributed by atoms with van der Waals surface area (Å²) in [6, 6.07) is 40.6. The van der Waals surface area contributed by atoms with E-state index in [0.29, 0.717) is 0 Å². The van der Waals surface area contributed by atoms with Crippen molar-refractivity contribution < 1.29 is 0 Å². The van der Waals surface area contributed by atoms with Crippen LogP contribution in [0.3, 0.4) is 0 Å². The second-order valence-electron chi connectivity index (χ2n) is 12.7. The molecule has 0 saturated carbocycles. The van der Waals surface area contributed by atoms with Crippen LogP contribution in [0.25, 0.3) is 78.4 Å². The maximum atomic E-state index is 5.15. The second kappa shape index (κ2) is 10.9. The Morgan fingerprint density at radius 2 is 1.28 bits per heavy atom. The Bertz CT molecular complexity index is 2510. The van der Waals surface area contributed by atoms with Crippen LogP contribution in [0.15, 0.2) is 133 Å². The normalized spacial score (nSPS) is 15.6. The van der Waals surface area contributed by atoms with Crippen LogP contribution >= 0.6 is 0 Å². The van der Waals surface area contributed by atoms with Gasteiger partial charge < -0.3 is 4.57 Å². The number of nitrogens with zero attached hydrogens (tertiary/aromatic N) is 2. The first-order valence-corrected chi connectivity index (χ1v) is 16.4. The average Bonchev–Trinajstić information content (AvgIpc) is 3.50. The lowest BCUT2D eigenvalue weighted by molar-refractivity contribution is 0.631. The van der Waals surface area contributed by atoms with Gasteiger partial charge in [-0.3, -0.25) is 0 Å². The number of rotatable bonds is 4. The second-order valence-corrected chi connectivity index (χ2v) is 12.7. The molecule has 1 aromatic heterocycles. The van der Waals surface area contributed by atoms with Crippen molar-refractivity contribution in [2.75, 3.05) is 0 Å². The molecule has 1 unspecified atom stereocenters. The summed E-state index contributed by atoms with van der Waals surface area (Å²) in [6.45, 7) is 2.16. The highest BCUT2D eigenvalue weighted by Gasteiger charge is 2.20. The van der Waals surface area contributed by atoms with Gasteiger partial charge in [0.25, 0.3) is 0 Å². The highest BCUT2D eigenvalue weighted by molar-refractivity contribution is 6.07. The number of hydrogen-bond acceptors (Lipinski definition) is 1. The molecule has 0 radical (unpaired) electrons. The molecular formula is C44H34N2. The van der Waals surface area contributed by atoms with Gasteiger partial charge in [0.2, 0.25) is 0 Å². The molecule has 7 aromatic rings. The number of hydrogen-bond donors (Lipinski definition) is 0. The van der Waals surface area contributed by atoms with Crippen molar-refractivity contribution in [1.29, 1.82) is 0 Å². The fraction of sp³-hybridized carbons (Fsp3) is 0.114. The minimum absolute atomic E-state index is 0.250. The number of fused-ring (bicyclic) bond motifs is 4. The van der Waals surface area contributed by atoms with Crippen LogP contribution in [0.1, 0.15) is 30.9 Å². The molecule has 2 nitrogen and oxygen atoms in total. The van der Waals surface area contributed by atoms with Gasteiger partial charge in [0, 0.05) is 5.56 Å². The van der Waals surface area contributed by atoms with Crippen LogP contribution in [0.2, 0.25) is 0 Å². The summed E-state index contributed by atoms with van der Waals surface area (Å²) in [5, 5.41) is 7.88. The minimum Gasteiger partial charge on any atom is -0.317 e. The molecule has 0 amide bonds. The van der Waals surface area contributed by atoms with Crippen molar-refractivity contribution >= 4 is 44.7 Å². The molecule has 0 bridgehead atoms. The highest BCUT2D eigenvalue weighted by atomic mass is 15.1. The van der Waals surface area contributed by atoms with Gasteiger partial charge in [-0.2, -0.15) is 0 Å². The van der Waals surface area contributed by atoms with E-state index in [4.69, 9.17) is 4.98 Å². The first-order valence-electron chi connectivity index (χ1n) is 16.4. The summed E-state index contributed by atoms with van der Waals surface area (Å²) >= 11 is 0. The first-order chi connectivity index (χ1) is 22.7. The zero-order chi connectivity index (χ0) is 30.6. The molecule has 2 heteroatoms. The molecule has 2 aliphatic rings. The zero-order valence-corrected chi connectivity index (χ0v) is 25.9. The van der Waals surface area contributed by atoms with E-state index in [1.54, 1.807) is 0 Å². The topological polar surface area (TPSA) is 17.8 Å². The Labute approximate surface area is 269 Å². The maximum absolute atomic E-state index is 5.15. The van der Waals surface area contributed by atoms with Gasteiger partial charge in [-0.15, -0.1) is 0 Å². The molecule has 1 atom stereocenters. The van der Waals surface area contributed by atoms with Crippen molar-refractivity contribution in [3.63, 3.8) is 0 Å². The highest BCUT2D eigenvalue weighted by Crippen LogP contribution is 2.36. The third kappa shape index (κ3) is 4.36. The van der Waals surface area contributed by atoms with Crippen molar-refractivity contribution in [1.82, 2.24) is 9.55 Å². The van der Waals surface area contributed by atoms with Crippen LogP contribution in [-0.2, 0) is 0 Å². The quantitative estimate of drug-likeness (QED) is 0.199. The van der Waals surface area contributed by atoms with E-state index >= 15 is 0 Å². The Balaban J connectivity index is 1.23. The van der Waals surface area contributed by atoms with Gasteiger partial charge in [0.15, 0.2) is 0 Å². The molecule has 0 N–H and O–H groups in total. The zero-order valence-electron chi connectivity index (χ0n) is 25.9. The molecule has 0 aliphatic heterocycles. The summed E-state index contributed by atoms with van der Waals surface area (Å²) in [5.74, 6) is 1.02. The maximum Gasteiger partial charge on any atom is 0.141 e. The number of aryl methyl sites for hydroxylation is 1. The molecule has 0 saturated heterocycles. The van der Waals surface area contributed by atoms with Crippen LogP contribution < -0.4 is 10.4 Å². The Morgan fingerprint density at radius 1 is 0.630 bits per heavy atom. The molecule has 0 fully saturated rings. The van der Waals surface area contributed by atoms with Crippen LogP contribution in [0.4, 0.5) is 0 Å². The number of imidazole rings is 1. The molecule has 46 heavy (non-hydrogen) atoms. The molecule has 0 spiro atoms. The van der Waals surface area contributed by atoms with Crippen molar-refractivity contribution in [3.8, 4) is 33.6 Å². The average molecular weight is 591 g/mol. The lowest BCUT2D eigenvalue weighted by Gasteiger charge is -2.20. The monoisotopic (exact) mass is 590 g/mol. The largest absolute Gasteiger partial charge is 0.317 e. The van der Waals surface area contributed by atoms with E-state index in [1.165, 1.54) is 65.3 Å². The standard InChI is InChI=1S/C44H34N2/c1-29-19-20-33-28-34(26-25-32(33)27-29)43-38-15-7-5-13-36(38)42(37-14-6-8-16-39(37)43)30-21-23-31(24-22-30)44-45-40-17-9-10-18-41(40)46(44)35-11-3-2-4-12-35/h2-5,7,9-11,13-28,35H,6,8,12H2,1H3. The number of benzene rings is 6. The summed E-state index contributed by atoms with van der Waals surface area (Å²) in [6.07, 6.45) is 16.8. The van der Waals surface area contributed by atoms with E-state index in [1.807, 2.05) is 0 Å². The van der Waals surface area contributed by atoms with Crippen molar-refractivity contribution in [2.24, 2.45) is 0 Å². The van der Waals surface area contributed by atoms with Gasteiger partial charge in [-0.25, -0.2) is 4.98 Å². The molecule has 1 heterocycles. The smallest absolute Gasteiger partial charge is 0.141 e. The molecular weight excluding hydrogens is 556 g/mol. The number of allylic oxidation sites excluding steroid dienone is 4. The summed E-state index contributed by atoms with van der Waals surface area (Å²) in [7, 11) is 0. The fourth-order valence-corrected chi connectivity index (χ4v) is 7.63.